The van der Waals surface area contributed by atoms with Gasteiger partial charge in [-0.15, -0.1) is 0 Å². The van der Waals surface area contributed by atoms with Crippen LogP contribution in [0.2, 0.25) is 6.04 Å². The molecule has 0 N–H and O–H groups in total. The van der Waals surface area contributed by atoms with Crippen molar-refractivity contribution < 1.29 is 4.46 Å². The number of hydrogen-bond donors (Lipinski definition) is 0. The van der Waals surface area contributed by atoms with Crippen LogP contribution in [0.3, 0.4) is 0 Å². The van der Waals surface area contributed by atoms with Gasteiger partial charge in [-0.05, 0) is 60.0 Å². The Balaban J connectivity index is 1.86. The van der Waals surface area contributed by atoms with Crippen molar-refractivity contribution in [1.29, 1.82) is 0 Å². The lowest BCUT2D eigenvalue weighted by Crippen LogP contribution is -2.43. The molecule has 0 amide bonds. The van der Waals surface area contributed by atoms with Crippen LogP contribution in [0.25, 0.3) is 23.8 Å². The highest BCUT2D eigenvalue weighted by Crippen LogP contribution is 2.22. The first kappa shape index (κ1) is 14.2. The number of rotatable bonds is 3. The molecule has 0 unspecified atom stereocenters. The van der Waals surface area contributed by atoms with E-state index in [1.807, 2.05) is 11.6 Å². The fraction of sp³-hybridized carbons (Fsp3) is 0.333. The molecule has 3 rings (SSSR count). The van der Waals surface area contributed by atoms with Gasteiger partial charge in [-0.25, -0.2) is 0 Å². The number of allylic oxidation sites excluding steroid dienone is 3. The quantitative estimate of drug-likeness (QED) is 0.798. The van der Waals surface area contributed by atoms with Crippen LogP contribution in [0.4, 0.5) is 0 Å². The summed E-state index contributed by atoms with van der Waals surface area (Å²) in [5.74, 6) is 0. The molecule has 0 aromatic heterocycles. The molecule has 2 aliphatic rings. The molecule has 0 atom stereocenters. The van der Waals surface area contributed by atoms with E-state index in [4.69, 9.17) is 0 Å². The van der Waals surface area contributed by atoms with E-state index in [0.29, 0.717) is 6.04 Å². The van der Waals surface area contributed by atoms with Gasteiger partial charge in [-0.3, -0.25) is 0 Å². The monoisotopic (exact) mass is 295 g/mol. The van der Waals surface area contributed by atoms with Gasteiger partial charge in [-0.2, -0.15) is 0 Å². The number of fused-ring (bicyclic) bond motifs is 2. The summed E-state index contributed by atoms with van der Waals surface area (Å²) in [7, 11) is 0.166. The molecular weight excluding hydrogens is 274 g/mol. The standard InChI is InChI=1S/C18H21NOSi/c1-18(2,3)19(4)21(20)12-16-9-8-15-10-13-6-5-7-14(13)11-17(15)16/h5-11H,12H2,1-4H3. The minimum absolute atomic E-state index is 0.0581. The Bertz CT molecular complexity index is 794. The van der Waals surface area contributed by atoms with Crippen molar-refractivity contribution >= 4 is 32.6 Å². The van der Waals surface area contributed by atoms with E-state index in [9.17, 15) is 4.46 Å². The van der Waals surface area contributed by atoms with Crippen LogP contribution in [-0.2, 0) is 4.46 Å². The minimum atomic E-state index is -1.79. The highest BCUT2D eigenvalue weighted by atomic mass is 28.3. The normalized spacial score (nSPS) is 15.0. The van der Waals surface area contributed by atoms with E-state index in [-0.39, 0.29) is 5.54 Å². The molecule has 108 valence electrons. The molecule has 3 heteroatoms. The maximum Gasteiger partial charge on any atom is 0.399 e. The zero-order valence-corrected chi connectivity index (χ0v) is 14.1. The third kappa shape index (κ3) is 2.58. The van der Waals surface area contributed by atoms with Crippen molar-refractivity contribution in [1.82, 2.24) is 4.57 Å². The lowest BCUT2D eigenvalue weighted by molar-refractivity contribution is 0.275. The van der Waals surface area contributed by atoms with Crippen molar-refractivity contribution in [2.75, 3.05) is 7.05 Å². The van der Waals surface area contributed by atoms with Gasteiger partial charge in [0.15, 0.2) is 0 Å². The van der Waals surface area contributed by atoms with Crippen molar-refractivity contribution in [2.45, 2.75) is 32.4 Å². The molecule has 0 spiro atoms. The van der Waals surface area contributed by atoms with Crippen LogP contribution in [0.5, 0.6) is 0 Å². The average molecular weight is 295 g/mol. The summed E-state index contributed by atoms with van der Waals surface area (Å²) < 4.78 is 14.6. The van der Waals surface area contributed by atoms with Crippen LogP contribution in [0.1, 0.15) is 31.9 Å². The van der Waals surface area contributed by atoms with Gasteiger partial charge in [-0.1, -0.05) is 30.4 Å². The molecule has 0 bridgehead atoms. The fourth-order valence-electron chi connectivity index (χ4n) is 2.70. The second kappa shape index (κ2) is 4.92. The first-order valence-corrected chi connectivity index (χ1v) is 8.93. The molecule has 0 radical (unpaired) electrons. The highest BCUT2D eigenvalue weighted by molar-refractivity contribution is 6.42. The van der Waals surface area contributed by atoms with Crippen molar-refractivity contribution in [3.05, 3.63) is 45.8 Å². The van der Waals surface area contributed by atoms with Gasteiger partial charge in [0, 0.05) is 18.6 Å². The smallest absolute Gasteiger partial charge is 0.375 e. The Hall–Kier alpha value is -1.74. The molecule has 1 aromatic rings. The molecule has 0 fully saturated rings. The summed E-state index contributed by atoms with van der Waals surface area (Å²) in [4.78, 5) is 0. The predicted octanol–water partition coefficient (Wildman–Crippen LogP) is 2.32. The first-order valence-electron chi connectivity index (χ1n) is 7.37. The molecule has 0 heterocycles. The van der Waals surface area contributed by atoms with Gasteiger partial charge < -0.3 is 9.03 Å². The van der Waals surface area contributed by atoms with Crippen LogP contribution in [-0.4, -0.2) is 26.0 Å². The number of benzene rings is 1. The molecule has 21 heavy (non-hydrogen) atoms. The molecule has 0 saturated heterocycles. The Morgan fingerprint density at radius 1 is 1.10 bits per heavy atom. The first-order chi connectivity index (χ1) is 9.86. The Labute approximate surface area is 127 Å². The molecule has 2 nitrogen and oxygen atoms in total. The Morgan fingerprint density at radius 2 is 1.86 bits per heavy atom. The van der Waals surface area contributed by atoms with E-state index in [1.54, 1.807) is 0 Å². The van der Waals surface area contributed by atoms with Crippen molar-refractivity contribution in [2.24, 2.45) is 0 Å². The second-order valence-electron chi connectivity index (χ2n) is 6.75. The molecule has 0 aliphatic heterocycles. The third-order valence-corrected chi connectivity index (χ3v) is 6.44. The maximum atomic E-state index is 12.6. The van der Waals surface area contributed by atoms with Gasteiger partial charge in [0.2, 0.25) is 0 Å². The van der Waals surface area contributed by atoms with Gasteiger partial charge in [0.05, 0.1) is 0 Å². The van der Waals surface area contributed by atoms with Crippen molar-refractivity contribution in [3.8, 4) is 0 Å². The summed E-state index contributed by atoms with van der Waals surface area (Å²) in [6, 6.07) is 5.10. The molecular formula is C18H21NOSi. The Kier molecular flexibility index (Phi) is 3.33. The average Bonchev–Trinajstić information content (AvgIpc) is 3.01. The Morgan fingerprint density at radius 3 is 2.57 bits per heavy atom. The topological polar surface area (TPSA) is 20.3 Å². The minimum Gasteiger partial charge on any atom is -0.375 e. The van der Waals surface area contributed by atoms with Crippen LogP contribution in [0, 0.1) is 0 Å². The number of hydrogen-bond acceptors (Lipinski definition) is 1. The zero-order chi connectivity index (χ0) is 15.2. The zero-order valence-electron chi connectivity index (χ0n) is 13.1. The lowest BCUT2D eigenvalue weighted by atomic mass is 10.1. The molecule has 0 saturated carbocycles. The molecule has 2 aliphatic carbocycles. The van der Waals surface area contributed by atoms with Gasteiger partial charge in [0.1, 0.15) is 0 Å². The van der Waals surface area contributed by atoms with E-state index < -0.39 is 8.84 Å². The maximum absolute atomic E-state index is 12.6. The van der Waals surface area contributed by atoms with E-state index in [1.165, 1.54) is 27.1 Å². The predicted molar refractivity (Wildman–Crippen MR) is 90.4 cm³/mol. The van der Waals surface area contributed by atoms with Gasteiger partial charge >= 0.3 is 8.84 Å². The second-order valence-corrected chi connectivity index (χ2v) is 8.56. The van der Waals surface area contributed by atoms with E-state index >= 15 is 0 Å². The third-order valence-electron chi connectivity index (χ3n) is 4.34. The van der Waals surface area contributed by atoms with E-state index in [2.05, 4.69) is 63.3 Å². The van der Waals surface area contributed by atoms with Crippen LogP contribution < -0.4 is 10.4 Å². The SMILES string of the molecule is CN([Si](=O)CC1=CC=c2cc3c(cc21)=CC=C3)C(C)(C)C. The summed E-state index contributed by atoms with van der Waals surface area (Å²) in [6.07, 6.45) is 10.6. The van der Waals surface area contributed by atoms with Gasteiger partial charge in [0.25, 0.3) is 0 Å². The van der Waals surface area contributed by atoms with Crippen LogP contribution in [0.15, 0.2) is 24.3 Å². The van der Waals surface area contributed by atoms with E-state index in [0.717, 1.165) is 0 Å². The number of nitrogens with zero attached hydrogens (tertiary/aromatic N) is 1. The summed E-state index contributed by atoms with van der Waals surface area (Å²) in [5, 5.41) is 2.51. The van der Waals surface area contributed by atoms with Crippen molar-refractivity contribution in [3.63, 3.8) is 0 Å². The summed E-state index contributed by atoms with van der Waals surface area (Å²) in [5.41, 5.74) is 3.67. The molecule has 1 aromatic carbocycles. The highest BCUT2D eigenvalue weighted by Gasteiger charge is 2.25. The fourth-order valence-corrected chi connectivity index (χ4v) is 4.32. The lowest BCUT2D eigenvalue weighted by Gasteiger charge is -2.32. The summed E-state index contributed by atoms with van der Waals surface area (Å²) >= 11 is 0. The summed E-state index contributed by atoms with van der Waals surface area (Å²) in [6.45, 7) is 6.31. The largest absolute Gasteiger partial charge is 0.399 e. The van der Waals surface area contributed by atoms with Crippen LogP contribution >= 0.6 is 0 Å².